The summed E-state index contributed by atoms with van der Waals surface area (Å²) in [5.74, 6) is 1.73. The Bertz CT molecular complexity index is 300. The van der Waals surface area contributed by atoms with E-state index in [2.05, 4.69) is 42.7 Å². The molecule has 0 atom stereocenters. The lowest BCUT2D eigenvalue weighted by atomic mass is 10.1. The number of aryl methyl sites for hydroxylation is 1. The molecule has 0 aliphatic heterocycles. The van der Waals surface area contributed by atoms with Crippen molar-refractivity contribution in [3.8, 4) is 0 Å². The molecule has 0 fully saturated rings. The standard InChI is InChI=1S/C11H21N3/c1-8(2)11-9(3)13-10(14(11)5)6-7-12-4/h8,12H,6-7H2,1-5H3. The maximum Gasteiger partial charge on any atom is 0.110 e. The fraction of sp³-hybridized carbons (Fsp3) is 0.727. The van der Waals surface area contributed by atoms with Gasteiger partial charge in [-0.3, -0.25) is 0 Å². The second kappa shape index (κ2) is 4.60. The first-order chi connectivity index (χ1) is 6.57. The molecule has 14 heavy (non-hydrogen) atoms. The molecule has 1 aromatic rings. The fourth-order valence-corrected chi connectivity index (χ4v) is 1.97. The van der Waals surface area contributed by atoms with Crippen molar-refractivity contribution in [1.82, 2.24) is 14.9 Å². The van der Waals surface area contributed by atoms with E-state index in [-0.39, 0.29) is 0 Å². The Morgan fingerprint density at radius 1 is 1.43 bits per heavy atom. The third kappa shape index (κ3) is 2.15. The molecule has 0 aliphatic carbocycles. The average Bonchev–Trinajstić information content (AvgIpc) is 2.38. The van der Waals surface area contributed by atoms with Gasteiger partial charge in [0.15, 0.2) is 0 Å². The van der Waals surface area contributed by atoms with E-state index >= 15 is 0 Å². The highest BCUT2D eigenvalue weighted by atomic mass is 15.1. The lowest BCUT2D eigenvalue weighted by molar-refractivity contribution is 0.677. The zero-order valence-electron chi connectivity index (χ0n) is 9.89. The number of nitrogens with one attached hydrogen (secondary N) is 1. The van der Waals surface area contributed by atoms with E-state index in [1.54, 1.807) is 0 Å². The van der Waals surface area contributed by atoms with Gasteiger partial charge in [0.2, 0.25) is 0 Å². The van der Waals surface area contributed by atoms with Gasteiger partial charge in [-0.15, -0.1) is 0 Å². The molecule has 0 unspecified atom stereocenters. The fourth-order valence-electron chi connectivity index (χ4n) is 1.97. The number of likely N-dealkylation sites (N-methyl/N-ethyl adjacent to an activating group) is 1. The predicted molar refractivity (Wildman–Crippen MR) is 59.7 cm³/mol. The molecule has 0 saturated carbocycles. The third-order valence-electron chi connectivity index (χ3n) is 2.56. The van der Waals surface area contributed by atoms with Crippen LogP contribution in [0.15, 0.2) is 0 Å². The molecule has 1 N–H and O–H groups in total. The van der Waals surface area contributed by atoms with Crippen molar-refractivity contribution in [2.45, 2.75) is 33.1 Å². The average molecular weight is 195 g/mol. The van der Waals surface area contributed by atoms with Crippen LogP contribution in [-0.2, 0) is 13.5 Å². The first-order valence-corrected chi connectivity index (χ1v) is 5.24. The van der Waals surface area contributed by atoms with Crippen molar-refractivity contribution < 1.29 is 0 Å². The summed E-state index contributed by atoms with van der Waals surface area (Å²) in [6.45, 7) is 7.51. The van der Waals surface area contributed by atoms with Gasteiger partial charge in [0, 0.05) is 25.7 Å². The summed E-state index contributed by atoms with van der Waals surface area (Å²) in [7, 11) is 4.08. The van der Waals surface area contributed by atoms with Crippen LogP contribution in [-0.4, -0.2) is 23.1 Å². The van der Waals surface area contributed by atoms with Crippen molar-refractivity contribution in [3.63, 3.8) is 0 Å². The summed E-state index contributed by atoms with van der Waals surface area (Å²) < 4.78 is 2.23. The Morgan fingerprint density at radius 3 is 2.50 bits per heavy atom. The molecule has 0 saturated heterocycles. The van der Waals surface area contributed by atoms with E-state index in [9.17, 15) is 0 Å². The smallest absolute Gasteiger partial charge is 0.110 e. The molecule has 0 radical (unpaired) electrons. The topological polar surface area (TPSA) is 29.9 Å². The number of nitrogens with zero attached hydrogens (tertiary/aromatic N) is 2. The number of imidazole rings is 1. The van der Waals surface area contributed by atoms with E-state index in [4.69, 9.17) is 0 Å². The van der Waals surface area contributed by atoms with Gasteiger partial charge in [-0.1, -0.05) is 13.8 Å². The number of aromatic nitrogens is 2. The quantitative estimate of drug-likeness (QED) is 0.791. The summed E-state index contributed by atoms with van der Waals surface area (Å²) in [5, 5.41) is 3.15. The van der Waals surface area contributed by atoms with Crippen LogP contribution >= 0.6 is 0 Å². The molecule has 1 rings (SSSR count). The van der Waals surface area contributed by atoms with Crippen LogP contribution in [0.5, 0.6) is 0 Å². The monoisotopic (exact) mass is 195 g/mol. The molecule has 1 aromatic heterocycles. The molecular weight excluding hydrogens is 174 g/mol. The van der Waals surface area contributed by atoms with Crippen molar-refractivity contribution in [2.24, 2.45) is 7.05 Å². The summed E-state index contributed by atoms with van der Waals surface area (Å²) in [6, 6.07) is 0. The van der Waals surface area contributed by atoms with Crippen LogP contribution in [0.25, 0.3) is 0 Å². The summed E-state index contributed by atoms with van der Waals surface area (Å²) >= 11 is 0. The van der Waals surface area contributed by atoms with Gasteiger partial charge in [0.1, 0.15) is 5.82 Å². The van der Waals surface area contributed by atoms with E-state index in [0.717, 1.165) is 13.0 Å². The summed E-state index contributed by atoms with van der Waals surface area (Å²) in [4.78, 5) is 4.59. The van der Waals surface area contributed by atoms with E-state index in [1.165, 1.54) is 17.2 Å². The molecular formula is C11H21N3. The number of hydrogen-bond acceptors (Lipinski definition) is 2. The minimum Gasteiger partial charge on any atom is -0.335 e. The molecule has 0 amide bonds. The zero-order valence-corrected chi connectivity index (χ0v) is 9.89. The van der Waals surface area contributed by atoms with Gasteiger partial charge in [-0.05, 0) is 19.9 Å². The molecule has 3 nitrogen and oxygen atoms in total. The lowest BCUT2D eigenvalue weighted by Crippen LogP contribution is -2.13. The van der Waals surface area contributed by atoms with Gasteiger partial charge >= 0.3 is 0 Å². The van der Waals surface area contributed by atoms with Gasteiger partial charge in [-0.25, -0.2) is 4.98 Å². The van der Waals surface area contributed by atoms with Crippen LogP contribution in [0.1, 0.15) is 37.0 Å². The minimum absolute atomic E-state index is 0.552. The lowest BCUT2D eigenvalue weighted by Gasteiger charge is -2.09. The molecule has 3 heteroatoms. The van der Waals surface area contributed by atoms with Crippen molar-refractivity contribution in [3.05, 3.63) is 17.2 Å². The van der Waals surface area contributed by atoms with E-state index < -0.39 is 0 Å². The van der Waals surface area contributed by atoms with Crippen LogP contribution in [0, 0.1) is 6.92 Å². The predicted octanol–water partition coefficient (Wildman–Crippen LogP) is 1.61. The largest absolute Gasteiger partial charge is 0.335 e. The summed E-state index contributed by atoms with van der Waals surface area (Å²) in [6.07, 6.45) is 1.00. The molecule has 1 heterocycles. The highest BCUT2D eigenvalue weighted by Crippen LogP contribution is 2.19. The van der Waals surface area contributed by atoms with Crippen LogP contribution < -0.4 is 5.32 Å². The molecule has 0 aliphatic rings. The highest BCUT2D eigenvalue weighted by Gasteiger charge is 2.13. The Morgan fingerprint density at radius 2 is 2.07 bits per heavy atom. The Kier molecular flexibility index (Phi) is 3.69. The third-order valence-corrected chi connectivity index (χ3v) is 2.56. The SMILES string of the molecule is CNCCc1nc(C)c(C(C)C)n1C. The number of rotatable bonds is 4. The zero-order chi connectivity index (χ0) is 10.7. The van der Waals surface area contributed by atoms with Gasteiger partial charge in [0.25, 0.3) is 0 Å². The Labute approximate surface area is 86.5 Å². The molecule has 0 bridgehead atoms. The van der Waals surface area contributed by atoms with E-state index in [1.807, 2.05) is 7.05 Å². The van der Waals surface area contributed by atoms with Gasteiger partial charge in [-0.2, -0.15) is 0 Å². The van der Waals surface area contributed by atoms with Crippen LogP contribution in [0.4, 0.5) is 0 Å². The van der Waals surface area contributed by atoms with Crippen molar-refractivity contribution >= 4 is 0 Å². The van der Waals surface area contributed by atoms with Gasteiger partial charge < -0.3 is 9.88 Å². The first kappa shape index (κ1) is 11.2. The van der Waals surface area contributed by atoms with Gasteiger partial charge in [0.05, 0.1) is 5.69 Å². The molecule has 0 spiro atoms. The molecule has 0 aromatic carbocycles. The van der Waals surface area contributed by atoms with E-state index in [0.29, 0.717) is 5.92 Å². The first-order valence-electron chi connectivity index (χ1n) is 5.24. The normalized spacial score (nSPS) is 11.3. The molecule has 80 valence electrons. The Balaban J connectivity index is 2.92. The maximum absolute atomic E-state index is 4.59. The van der Waals surface area contributed by atoms with Crippen LogP contribution in [0.3, 0.4) is 0 Å². The highest BCUT2D eigenvalue weighted by molar-refractivity contribution is 5.19. The second-order valence-electron chi connectivity index (χ2n) is 4.07. The number of hydrogen-bond donors (Lipinski definition) is 1. The van der Waals surface area contributed by atoms with Crippen molar-refractivity contribution in [2.75, 3.05) is 13.6 Å². The Hall–Kier alpha value is -0.830. The second-order valence-corrected chi connectivity index (χ2v) is 4.07. The van der Waals surface area contributed by atoms with Crippen LogP contribution in [0.2, 0.25) is 0 Å². The summed E-state index contributed by atoms with van der Waals surface area (Å²) in [5.41, 5.74) is 2.53. The minimum atomic E-state index is 0.552. The maximum atomic E-state index is 4.59. The van der Waals surface area contributed by atoms with Crippen molar-refractivity contribution in [1.29, 1.82) is 0 Å².